The van der Waals surface area contributed by atoms with Crippen molar-refractivity contribution in [3.63, 3.8) is 0 Å². The normalized spacial score (nSPS) is 10.9. The molecule has 0 fully saturated rings. The molecule has 0 saturated carbocycles. The van der Waals surface area contributed by atoms with Crippen molar-refractivity contribution in [2.75, 3.05) is 6.61 Å². The zero-order valence-electron chi connectivity index (χ0n) is 8.41. The van der Waals surface area contributed by atoms with Gasteiger partial charge >= 0.3 is 0 Å². The monoisotopic (exact) mass is 356 g/mol. The lowest BCUT2D eigenvalue weighted by Crippen LogP contribution is -2.02. The molecule has 0 aliphatic heterocycles. The van der Waals surface area contributed by atoms with E-state index in [1.807, 2.05) is 0 Å². The number of halogens is 3. The summed E-state index contributed by atoms with van der Waals surface area (Å²) in [6, 6.07) is 2.83. The van der Waals surface area contributed by atoms with E-state index in [0.717, 1.165) is 0 Å². The highest BCUT2D eigenvalue weighted by atomic mass is 79.9. The molecule has 92 valence electrons. The summed E-state index contributed by atoms with van der Waals surface area (Å²) in [5.74, 6) is 2.38. The molecule has 7 heteroatoms. The number of benzene rings is 1. The fraction of sp³-hybridized carbons (Fsp3) is 0.200. The summed E-state index contributed by atoms with van der Waals surface area (Å²) >= 11 is 9.02. The Kier molecular flexibility index (Phi) is 5.14. The number of ether oxygens (including phenoxy) is 1. The number of terminal acetylenes is 1. The predicted octanol–water partition coefficient (Wildman–Crippen LogP) is 3.43. The van der Waals surface area contributed by atoms with Crippen LogP contribution in [-0.2, 0) is 9.05 Å². The second-order valence-electron chi connectivity index (χ2n) is 2.96. The van der Waals surface area contributed by atoms with Crippen LogP contribution in [0, 0.1) is 12.3 Å². The molecule has 0 amide bonds. The smallest absolute Gasteiger partial charge is 0.265 e. The Bertz CT molecular complexity index is 564. The molecule has 0 unspecified atom stereocenters. The van der Waals surface area contributed by atoms with E-state index in [-0.39, 0.29) is 22.3 Å². The van der Waals surface area contributed by atoms with Gasteiger partial charge in [-0.05, 0) is 12.1 Å². The minimum absolute atomic E-state index is 0.0140. The molecule has 0 aliphatic carbocycles. The van der Waals surface area contributed by atoms with Gasteiger partial charge in [0, 0.05) is 21.6 Å². The quantitative estimate of drug-likeness (QED) is 0.471. The van der Waals surface area contributed by atoms with Crippen molar-refractivity contribution >= 4 is 47.3 Å². The molecular weight excluding hydrogens is 351 g/mol. The van der Waals surface area contributed by atoms with Crippen LogP contribution in [0.1, 0.15) is 6.42 Å². The molecule has 1 rings (SSSR count). The van der Waals surface area contributed by atoms with Crippen LogP contribution in [0.5, 0.6) is 5.75 Å². The topological polar surface area (TPSA) is 43.4 Å². The Morgan fingerprint density at radius 1 is 1.47 bits per heavy atom. The number of hydrogen-bond donors (Lipinski definition) is 0. The first-order chi connectivity index (χ1) is 7.86. The van der Waals surface area contributed by atoms with Crippen molar-refractivity contribution in [1.29, 1.82) is 0 Å². The highest BCUT2D eigenvalue weighted by Gasteiger charge is 2.20. The maximum atomic E-state index is 11.4. The molecule has 0 radical (unpaired) electrons. The fourth-order valence-corrected chi connectivity index (χ4v) is 3.14. The van der Waals surface area contributed by atoms with E-state index in [1.165, 1.54) is 12.1 Å². The predicted molar refractivity (Wildman–Crippen MR) is 71.1 cm³/mol. The van der Waals surface area contributed by atoms with Gasteiger partial charge in [0.1, 0.15) is 4.90 Å². The van der Waals surface area contributed by atoms with E-state index in [9.17, 15) is 8.42 Å². The Hall–Kier alpha value is -0.410. The summed E-state index contributed by atoms with van der Waals surface area (Å²) < 4.78 is 28.4. The summed E-state index contributed by atoms with van der Waals surface area (Å²) in [4.78, 5) is -0.185. The van der Waals surface area contributed by atoms with Gasteiger partial charge in [-0.25, -0.2) is 8.42 Å². The molecule has 0 heterocycles. The van der Waals surface area contributed by atoms with E-state index in [1.54, 1.807) is 0 Å². The minimum Gasteiger partial charge on any atom is -0.490 e. The van der Waals surface area contributed by atoms with E-state index < -0.39 is 9.05 Å². The highest BCUT2D eigenvalue weighted by molar-refractivity contribution is 9.10. The lowest BCUT2D eigenvalue weighted by molar-refractivity contribution is 0.319. The number of rotatable bonds is 4. The molecule has 0 spiro atoms. The maximum Gasteiger partial charge on any atom is 0.265 e. The lowest BCUT2D eigenvalue weighted by atomic mass is 10.3. The molecule has 1 aromatic carbocycles. The van der Waals surface area contributed by atoms with E-state index in [4.69, 9.17) is 33.4 Å². The summed E-state index contributed by atoms with van der Waals surface area (Å²) in [6.07, 6.45) is 5.41. The molecule has 3 nitrogen and oxygen atoms in total. The Morgan fingerprint density at radius 2 is 2.12 bits per heavy atom. The molecule has 0 saturated heterocycles. The van der Waals surface area contributed by atoms with Gasteiger partial charge < -0.3 is 4.74 Å². The van der Waals surface area contributed by atoms with Gasteiger partial charge in [0.2, 0.25) is 0 Å². The van der Waals surface area contributed by atoms with Crippen LogP contribution in [0.3, 0.4) is 0 Å². The van der Waals surface area contributed by atoms with Gasteiger partial charge in [-0.2, -0.15) is 0 Å². The fourth-order valence-electron chi connectivity index (χ4n) is 1.07. The second-order valence-corrected chi connectivity index (χ2v) is 6.81. The Labute approximate surface area is 118 Å². The van der Waals surface area contributed by atoms with Crippen LogP contribution in [0.4, 0.5) is 0 Å². The molecule has 1 aromatic rings. The minimum atomic E-state index is -3.93. The first-order valence-corrected chi connectivity index (χ1v) is 7.84. The van der Waals surface area contributed by atoms with Crippen LogP contribution in [0.2, 0.25) is 5.02 Å². The van der Waals surface area contributed by atoms with Gasteiger partial charge in [0.25, 0.3) is 9.05 Å². The lowest BCUT2D eigenvalue weighted by Gasteiger charge is -2.10. The van der Waals surface area contributed by atoms with E-state index in [2.05, 4.69) is 21.9 Å². The van der Waals surface area contributed by atoms with Crippen LogP contribution in [-0.4, -0.2) is 15.0 Å². The summed E-state index contributed by atoms with van der Waals surface area (Å²) in [5.41, 5.74) is 0. The van der Waals surface area contributed by atoms with Gasteiger partial charge in [0.15, 0.2) is 5.75 Å². The summed E-state index contributed by atoms with van der Waals surface area (Å²) in [7, 11) is 1.36. The molecule has 0 atom stereocenters. The van der Waals surface area contributed by atoms with Crippen LogP contribution in [0.25, 0.3) is 0 Å². The van der Waals surface area contributed by atoms with Crippen LogP contribution < -0.4 is 4.74 Å². The average molecular weight is 358 g/mol. The first-order valence-electron chi connectivity index (χ1n) is 4.36. The molecular formula is C10H7BrCl2O3S. The molecule has 0 aliphatic rings. The van der Waals surface area contributed by atoms with Crippen molar-refractivity contribution in [3.8, 4) is 18.1 Å². The van der Waals surface area contributed by atoms with Gasteiger partial charge in [-0.3, -0.25) is 0 Å². The van der Waals surface area contributed by atoms with Crippen LogP contribution in [0.15, 0.2) is 21.5 Å². The zero-order chi connectivity index (χ0) is 13.1. The third kappa shape index (κ3) is 4.07. The zero-order valence-corrected chi connectivity index (χ0v) is 12.3. The van der Waals surface area contributed by atoms with Gasteiger partial charge in [-0.15, -0.1) is 12.3 Å². The Morgan fingerprint density at radius 3 is 2.65 bits per heavy atom. The number of hydrogen-bond acceptors (Lipinski definition) is 3. The molecule has 0 N–H and O–H groups in total. The van der Waals surface area contributed by atoms with Crippen molar-refractivity contribution in [3.05, 3.63) is 21.6 Å². The van der Waals surface area contributed by atoms with Crippen molar-refractivity contribution in [2.45, 2.75) is 11.3 Å². The Balaban J connectivity index is 3.23. The van der Waals surface area contributed by atoms with E-state index in [0.29, 0.717) is 10.9 Å². The SMILES string of the molecule is C#CCCOc1c(Cl)cc(Br)cc1S(=O)(=O)Cl. The third-order valence-electron chi connectivity index (χ3n) is 1.73. The van der Waals surface area contributed by atoms with E-state index >= 15 is 0 Å². The first kappa shape index (κ1) is 14.7. The van der Waals surface area contributed by atoms with Crippen molar-refractivity contribution < 1.29 is 13.2 Å². The molecule has 17 heavy (non-hydrogen) atoms. The van der Waals surface area contributed by atoms with Crippen molar-refractivity contribution in [2.24, 2.45) is 0 Å². The largest absolute Gasteiger partial charge is 0.490 e. The molecule has 0 bridgehead atoms. The highest BCUT2D eigenvalue weighted by Crippen LogP contribution is 2.37. The second kappa shape index (κ2) is 5.96. The van der Waals surface area contributed by atoms with Crippen molar-refractivity contribution in [1.82, 2.24) is 0 Å². The van der Waals surface area contributed by atoms with Gasteiger partial charge in [0.05, 0.1) is 11.6 Å². The average Bonchev–Trinajstić information content (AvgIpc) is 2.19. The van der Waals surface area contributed by atoms with Gasteiger partial charge in [-0.1, -0.05) is 27.5 Å². The van der Waals surface area contributed by atoms with Crippen LogP contribution >= 0.6 is 38.2 Å². The summed E-state index contributed by atoms with van der Waals surface area (Å²) in [6.45, 7) is 0.164. The maximum absolute atomic E-state index is 11.4. The molecule has 0 aromatic heterocycles. The summed E-state index contributed by atoms with van der Waals surface area (Å²) in [5, 5.41) is 0.149. The third-order valence-corrected chi connectivity index (χ3v) is 3.80. The standard InChI is InChI=1S/C10H7BrCl2O3S/c1-2-3-4-16-10-8(12)5-7(11)6-9(10)17(13,14)15/h1,5-6H,3-4H2.